The number of pyridine rings is 1. The molecule has 6 nitrogen and oxygen atoms in total. The Kier molecular flexibility index (Phi) is 4.47. The van der Waals surface area contributed by atoms with Crippen molar-refractivity contribution in [3.63, 3.8) is 0 Å². The second-order valence-corrected chi connectivity index (χ2v) is 7.76. The van der Waals surface area contributed by atoms with Gasteiger partial charge in [0.1, 0.15) is 5.82 Å². The Balaban J connectivity index is 1.63. The van der Waals surface area contributed by atoms with Crippen LogP contribution in [0, 0.1) is 5.82 Å². The first kappa shape index (κ1) is 18.1. The molecule has 1 fully saturated rings. The van der Waals surface area contributed by atoms with Gasteiger partial charge in [-0.15, -0.1) is 0 Å². The zero-order valence-corrected chi connectivity index (χ0v) is 16.1. The predicted octanol–water partition coefficient (Wildman–Crippen LogP) is 3.45. The van der Waals surface area contributed by atoms with Gasteiger partial charge in [0, 0.05) is 42.0 Å². The summed E-state index contributed by atoms with van der Waals surface area (Å²) in [5, 5.41) is 9.97. The number of benzene rings is 1. The molecular formula is C22H23FN4O2. The van der Waals surface area contributed by atoms with Gasteiger partial charge in [0.25, 0.3) is 0 Å². The molecular weight excluding hydrogens is 371 g/mol. The molecule has 0 amide bonds. The number of hydrogen-bond acceptors (Lipinski definition) is 3. The van der Waals surface area contributed by atoms with Crippen molar-refractivity contribution in [1.82, 2.24) is 18.7 Å². The molecule has 1 aliphatic rings. The van der Waals surface area contributed by atoms with Crippen LogP contribution in [-0.2, 0) is 13.1 Å². The van der Waals surface area contributed by atoms with Gasteiger partial charge in [0.05, 0.1) is 23.8 Å². The van der Waals surface area contributed by atoms with Crippen molar-refractivity contribution in [2.45, 2.75) is 44.8 Å². The van der Waals surface area contributed by atoms with Crippen molar-refractivity contribution in [3.05, 3.63) is 64.7 Å². The van der Waals surface area contributed by atoms with Crippen molar-refractivity contribution in [2.75, 3.05) is 6.61 Å². The number of hydrogen-bond donors (Lipinski definition) is 1. The molecule has 0 saturated heterocycles. The van der Waals surface area contributed by atoms with E-state index in [1.807, 2.05) is 16.7 Å². The average Bonchev–Trinajstić information content (AvgIpc) is 3.44. The smallest absolute Gasteiger partial charge is 0.329 e. The predicted molar refractivity (Wildman–Crippen MR) is 110 cm³/mol. The summed E-state index contributed by atoms with van der Waals surface area (Å²) in [5.41, 5.74) is 3.61. The van der Waals surface area contributed by atoms with E-state index in [4.69, 9.17) is 5.11 Å². The standard InChI is InChI=1S/C22H23FN4O2/c23-16-3-6-19-15(11-16)12-18(25(19)9-1-2-10-28)14-26-21-13-24-8-7-20(21)27(22(26)29)17-4-5-17/h3,6-8,11-13,17,28H,1-2,4-5,9-10,14H2. The monoisotopic (exact) mass is 394 g/mol. The summed E-state index contributed by atoms with van der Waals surface area (Å²) in [4.78, 5) is 17.4. The van der Waals surface area contributed by atoms with Gasteiger partial charge in [-0.1, -0.05) is 0 Å². The first-order chi connectivity index (χ1) is 14.2. The summed E-state index contributed by atoms with van der Waals surface area (Å²) in [6.45, 7) is 1.25. The number of aliphatic hydroxyl groups excluding tert-OH is 1. The highest BCUT2D eigenvalue weighted by Gasteiger charge is 2.29. The zero-order valence-electron chi connectivity index (χ0n) is 16.1. The van der Waals surface area contributed by atoms with Gasteiger partial charge in [-0.2, -0.15) is 0 Å². The number of rotatable bonds is 7. The number of aliphatic hydroxyl groups is 1. The molecule has 0 unspecified atom stereocenters. The highest BCUT2D eigenvalue weighted by molar-refractivity contribution is 5.81. The maximum absolute atomic E-state index is 13.8. The summed E-state index contributed by atoms with van der Waals surface area (Å²) in [7, 11) is 0. The molecule has 0 bridgehead atoms. The molecule has 0 aliphatic heterocycles. The van der Waals surface area contributed by atoms with E-state index < -0.39 is 0 Å². The Morgan fingerprint density at radius 2 is 1.93 bits per heavy atom. The van der Waals surface area contributed by atoms with Crippen LogP contribution in [0.15, 0.2) is 47.5 Å². The van der Waals surface area contributed by atoms with Gasteiger partial charge in [-0.25, -0.2) is 9.18 Å². The van der Waals surface area contributed by atoms with Gasteiger partial charge < -0.3 is 9.67 Å². The Morgan fingerprint density at radius 1 is 1.07 bits per heavy atom. The Hall–Kier alpha value is -2.93. The summed E-state index contributed by atoms with van der Waals surface area (Å²) in [6.07, 6.45) is 7.04. The van der Waals surface area contributed by atoms with Crippen LogP contribution in [-0.4, -0.2) is 30.4 Å². The molecule has 0 spiro atoms. The summed E-state index contributed by atoms with van der Waals surface area (Å²) in [6, 6.07) is 8.91. The third-order valence-electron chi connectivity index (χ3n) is 5.74. The second kappa shape index (κ2) is 7.15. The number of nitrogens with zero attached hydrogens (tertiary/aromatic N) is 4. The number of halogens is 1. The molecule has 1 N–H and O–H groups in total. The van der Waals surface area contributed by atoms with Crippen LogP contribution in [0.4, 0.5) is 4.39 Å². The van der Waals surface area contributed by atoms with E-state index in [0.29, 0.717) is 19.5 Å². The second-order valence-electron chi connectivity index (χ2n) is 7.76. The van der Waals surface area contributed by atoms with Crippen molar-refractivity contribution < 1.29 is 9.50 Å². The Morgan fingerprint density at radius 3 is 2.72 bits per heavy atom. The van der Waals surface area contributed by atoms with E-state index in [9.17, 15) is 9.18 Å². The first-order valence-corrected chi connectivity index (χ1v) is 10.1. The van der Waals surface area contributed by atoms with Gasteiger partial charge in [0.15, 0.2) is 0 Å². The van der Waals surface area contributed by atoms with Gasteiger partial charge in [0.2, 0.25) is 0 Å². The molecule has 1 saturated carbocycles. The Bertz CT molecular complexity index is 1250. The highest BCUT2D eigenvalue weighted by atomic mass is 19.1. The van der Waals surface area contributed by atoms with E-state index in [1.54, 1.807) is 23.0 Å². The summed E-state index contributed by atoms with van der Waals surface area (Å²) < 4.78 is 19.6. The van der Waals surface area contributed by atoms with Crippen LogP contribution in [0.3, 0.4) is 0 Å². The van der Waals surface area contributed by atoms with Crippen LogP contribution >= 0.6 is 0 Å². The van der Waals surface area contributed by atoms with Crippen molar-refractivity contribution >= 4 is 21.9 Å². The molecule has 1 aliphatic carbocycles. The third kappa shape index (κ3) is 3.15. The number of aryl methyl sites for hydroxylation is 1. The number of imidazole rings is 1. The van der Waals surface area contributed by atoms with Crippen LogP contribution in [0.2, 0.25) is 0 Å². The molecule has 5 rings (SSSR count). The van der Waals surface area contributed by atoms with Gasteiger partial charge in [-0.05, 0) is 56.0 Å². The fraction of sp³-hybridized carbons (Fsp3) is 0.364. The van der Waals surface area contributed by atoms with Gasteiger partial charge >= 0.3 is 5.69 Å². The molecule has 7 heteroatoms. The van der Waals surface area contributed by atoms with Crippen LogP contribution in [0.1, 0.15) is 37.4 Å². The molecule has 3 aromatic heterocycles. The van der Waals surface area contributed by atoms with E-state index >= 15 is 0 Å². The van der Waals surface area contributed by atoms with Crippen molar-refractivity contribution in [2.24, 2.45) is 0 Å². The lowest BCUT2D eigenvalue weighted by Crippen LogP contribution is -2.25. The number of fused-ring (bicyclic) bond motifs is 2. The van der Waals surface area contributed by atoms with E-state index in [0.717, 1.165) is 46.9 Å². The maximum Gasteiger partial charge on any atom is 0.329 e. The molecule has 0 radical (unpaired) electrons. The van der Waals surface area contributed by atoms with Crippen molar-refractivity contribution in [3.8, 4) is 0 Å². The maximum atomic E-state index is 13.8. The largest absolute Gasteiger partial charge is 0.396 e. The van der Waals surface area contributed by atoms with Gasteiger partial charge in [-0.3, -0.25) is 14.1 Å². The first-order valence-electron chi connectivity index (χ1n) is 10.1. The number of unbranched alkanes of at least 4 members (excludes halogenated alkanes) is 1. The molecule has 150 valence electrons. The van der Waals surface area contributed by atoms with Crippen LogP contribution in [0.25, 0.3) is 21.9 Å². The highest BCUT2D eigenvalue weighted by Crippen LogP contribution is 2.36. The average molecular weight is 394 g/mol. The lowest BCUT2D eigenvalue weighted by atomic mass is 10.2. The minimum atomic E-state index is -0.275. The lowest BCUT2D eigenvalue weighted by molar-refractivity contribution is 0.281. The molecule has 4 aromatic rings. The van der Waals surface area contributed by atoms with E-state index in [2.05, 4.69) is 9.55 Å². The third-order valence-corrected chi connectivity index (χ3v) is 5.74. The minimum Gasteiger partial charge on any atom is -0.396 e. The summed E-state index contributed by atoms with van der Waals surface area (Å²) >= 11 is 0. The summed E-state index contributed by atoms with van der Waals surface area (Å²) in [5.74, 6) is -0.275. The molecule has 0 atom stereocenters. The van der Waals surface area contributed by atoms with E-state index in [-0.39, 0.29) is 24.2 Å². The topological polar surface area (TPSA) is 65.0 Å². The lowest BCUT2D eigenvalue weighted by Gasteiger charge is -2.11. The minimum absolute atomic E-state index is 0.0196. The quantitative estimate of drug-likeness (QED) is 0.488. The molecule has 3 heterocycles. The van der Waals surface area contributed by atoms with Crippen molar-refractivity contribution in [1.29, 1.82) is 0 Å². The fourth-order valence-electron chi connectivity index (χ4n) is 4.20. The SMILES string of the molecule is O=c1n(Cc2cc3cc(F)ccc3n2CCCCO)c2cnccc2n1C1CC1. The van der Waals surface area contributed by atoms with Crippen LogP contribution < -0.4 is 5.69 Å². The number of aromatic nitrogens is 4. The Labute approximate surface area is 166 Å². The molecule has 29 heavy (non-hydrogen) atoms. The zero-order chi connectivity index (χ0) is 20.0. The van der Waals surface area contributed by atoms with E-state index in [1.165, 1.54) is 12.1 Å². The molecule has 1 aromatic carbocycles. The normalized spacial score (nSPS) is 14.3. The van der Waals surface area contributed by atoms with Crippen LogP contribution in [0.5, 0.6) is 0 Å². The fourth-order valence-corrected chi connectivity index (χ4v) is 4.20.